The Balaban J connectivity index is 2.33. The van der Waals surface area contributed by atoms with Crippen LogP contribution in [0.1, 0.15) is 52.4 Å². The maximum atomic E-state index is 11.9. The van der Waals surface area contributed by atoms with Gasteiger partial charge >= 0.3 is 6.18 Å². The van der Waals surface area contributed by atoms with Gasteiger partial charge in [-0.2, -0.15) is 13.2 Å². The first-order chi connectivity index (χ1) is 6.62. The molecule has 1 N–H and O–H groups in total. The highest BCUT2D eigenvalue weighted by Crippen LogP contribution is 2.46. The van der Waals surface area contributed by atoms with Crippen LogP contribution in [-0.4, -0.2) is 16.9 Å². The lowest BCUT2D eigenvalue weighted by Gasteiger charge is -2.25. The van der Waals surface area contributed by atoms with E-state index in [1.165, 1.54) is 0 Å². The molecule has 0 saturated heterocycles. The summed E-state index contributed by atoms with van der Waals surface area (Å²) in [7, 11) is 0. The molecule has 0 aliphatic heterocycles. The van der Waals surface area contributed by atoms with E-state index >= 15 is 0 Å². The van der Waals surface area contributed by atoms with Crippen LogP contribution in [0.4, 0.5) is 13.2 Å². The van der Waals surface area contributed by atoms with E-state index in [2.05, 4.69) is 13.8 Å². The number of alkyl halides is 3. The minimum atomic E-state index is -4.09. The average Bonchev–Trinajstić information content (AvgIpc) is 2.23. The van der Waals surface area contributed by atoms with E-state index in [-0.39, 0.29) is 18.3 Å². The molecule has 1 unspecified atom stereocenters. The largest absolute Gasteiger partial charge is 0.390 e. The van der Waals surface area contributed by atoms with Crippen molar-refractivity contribution in [3.05, 3.63) is 0 Å². The Bertz CT molecular complexity index is 222. The molecule has 1 fully saturated rings. The van der Waals surface area contributed by atoms with Crippen molar-refractivity contribution in [2.45, 2.75) is 64.1 Å². The molecule has 0 amide bonds. The van der Waals surface area contributed by atoms with Gasteiger partial charge in [0.1, 0.15) is 0 Å². The molecule has 1 aliphatic carbocycles. The van der Waals surface area contributed by atoms with Crippen molar-refractivity contribution in [2.24, 2.45) is 5.41 Å². The maximum absolute atomic E-state index is 11.9. The Morgan fingerprint density at radius 1 is 1.20 bits per heavy atom. The van der Waals surface area contributed by atoms with Gasteiger partial charge in [0.25, 0.3) is 0 Å². The lowest BCUT2D eigenvalue weighted by atomic mass is 9.87. The smallest absolute Gasteiger partial charge is 0.389 e. The minimum absolute atomic E-state index is 0.0378. The first-order valence-electron chi connectivity index (χ1n) is 5.41. The predicted molar refractivity (Wildman–Crippen MR) is 52.5 cm³/mol. The molecule has 0 aromatic rings. The van der Waals surface area contributed by atoms with E-state index < -0.39 is 18.2 Å². The number of hydrogen-bond donors (Lipinski definition) is 1. The SMILES string of the molecule is CC1(C)CCC(O)(CCCC(F)(F)F)C1. The van der Waals surface area contributed by atoms with Crippen molar-refractivity contribution in [1.29, 1.82) is 0 Å². The summed E-state index contributed by atoms with van der Waals surface area (Å²) in [6, 6.07) is 0. The van der Waals surface area contributed by atoms with E-state index in [1.54, 1.807) is 0 Å². The third-order valence-corrected chi connectivity index (χ3v) is 3.18. The van der Waals surface area contributed by atoms with Gasteiger partial charge in [0.05, 0.1) is 5.60 Å². The molecular formula is C11H19F3O. The Hall–Kier alpha value is -0.250. The predicted octanol–water partition coefficient (Wildman–Crippen LogP) is 3.66. The first kappa shape index (κ1) is 12.8. The molecule has 0 aromatic heterocycles. The second-order valence-electron chi connectivity index (χ2n) is 5.53. The molecular weight excluding hydrogens is 205 g/mol. The summed E-state index contributed by atoms with van der Waals surface area (Å²) < 4.78 is 35.8. The highest BCUT2D eigenvalue weighted by molar-refractivity contribution is 4.93. The van der Waals surface area contributed by atoms with Crippen LogP contribution in [0, 0.1) is 5.41 Å². The zero-order valence-corrected chi connectivity index (χ0v) is 9.32. The Morgan fingerprint density at radius 3 is 2.20 bits per heavy atom. The van der Waals surface area contributed by atoms with Gasteiger partial charge in [-0.3, -0.25) is 0 Å². The average molecular weight is 224 g/mol. The number of rotatable bonds is 3. The van der Waals surface area contributed by atoms with E-state index in [4.69, 9.17) is 0 Å². The summed E-state index contributed by atoms with van der Waals surface area (Å²) in [5.74, 6) is 0. The molecule has 0 spiro atoms. The molecule has 1 atom stereocenters. The zero-order valence-electron chi connectivity index (χ0n) is 9.32. The van der Waals surface area contributed by atoms with Crippen LogP contribution >= 0.6 is 0 Å². The van der Waals surface area contributed by atoms with Crippen molar-refractivity contribution < 1.29 is 18.3 Å². The summed E-state index contributed by atoms with van der Waals surface area (Å²) in [5, 5.41) is 10.1. The Morgan fingerprint density at radius 2 is 1.80 bits per heavy atom. The number of hydrogen-bond acceptors (Lipinski definition) is 1. The maximum Gasteiger partial charge on any atom is 0.389 e. The summed E-state index contributed by atoms with van der Waals surface area (Å²) in [6.07, 6.45) is -2.41. The van der Waals surface area contributed by atoms with Crippen molar-refractivity contribution in [1.82, 2.24) is 0 Å². The van der Waals surface area contributed by atoms with Crippen LogP contribution in [0.5, 0.6) is 0 Å². The van der Waals surface area contributed by atoms with E-state index in [9.17, 15) is 18.3 Å². The number of aliphatic hydroxyl groups is 1. The highest BCUT2D eigenvalue weighted by atomic mass is 19.4. The standard InChI is InChI=1S/C11H19F3O/c1-9(2)6-7-10(15,8-9)4-3-5-11(12,13)14/h15H,3-8H2,1-2H3. The summed E-state index contributed by atoms with van der Waals surface area (Å²) >= 11 is 0. The van der Waals surface area contributed by atoms with Gasteiger partial charge in [-0.05, 0) is 37.5 Å². The van der Waals surface area contributed by atoms with Gasteiger partial charge in [0.15, 0.2) is 0 Å². The van der Waals surface area contributed by atoms with Gasteiger partial charge in [-0.15, -0.1) is 0 Å². The second kappa shape index (κ2) is 3.96. The van der Waals surface area contributed by atoms with Crippen molar-refractivity contribution in [3.63, 3.8) is 0 Å². The molecule has 1 saturated carbocycles. The Labute approximate surface area is 88.7 Å². The lowest BCUT2D eigenvalue weighted by molar-refractivity contribution is -0.138. The van der Waals surface area contributed by atoms with Crippen LogP contribution in [0.15, 0.2) is 0 Å². The van der Waals surface area contributed by atoms with E-state index in [0.29, 0.717) is 12.8 Å². The molecule has 0 bridgehead atoms. The summed E-state index contributed by atoms with van der Waals surface area (Å²) in [6.45, 7) is 4.10. The third-order valence-electron chi connectivity index (χ3n) is 3.18. The molecule has 1 nitrogen and oxygen atoms in total. The quantitative estimate of drug-likeness (QED) is 0.775. The molecule has 0 heterocycles. The molecule has 1 aliphatic rings. The fourth-order valence-electron chi connectivity index (χ4n) is 2.47. The molecule has 1 rings (SSSR count). The van der Waals surface area contributed by atoms with Gasteiger partial charge in [-0.25, -0.2) is 0 Å². The monoisotopic (exact) mass is 224 g/mol. The van der Waals surface area contributed by atoms with E-state index in [1.807, 2.05) is 0 Å². The Kier molecular flexibility index (Phi) is 3.39. The topological polar surface area (TPSA) is 20.2 Å². The van der Waals surface area contributed by atoms with Gasteiger partial charge in [0.2, 0.25) is 0 Å². The minimum Gasteiger partial charge on any atom is -0.390 e. The van der Waals surface area contributed by atoms with Crippen molar-refractivity contribution in [3.8, 4) is 0 Å². The van der Waals surface area contributed by atoms with Crippen LogP contribution in [-0.2, 0) is 0 Å². The third kappa shape index (κ3) is 4.41. The summed E-state index contributed by atoms with van der Waals surface area (Å²) in [4.78, 5) is 0. The molecule has 15 heavy (non-hydrogen) atoms. The first-order valence-corrected chi connectivity index (χ1v) is 5.41. The van der Waals surface area contributed by atoms with Crippen molar-refractivity contribution >= 4 is 0 Å². The van der Waals surface area contributed by atoms with Gasteiger partial charge < -0.3 is 5.11 Å². The fraction of sp³-hybridized carbons (Fsp3) is 1.00. The fourth-order valence-corrected chi connectivity index (χ4v) is 2.47. The molecule has 4 heteroatoms. The molecule has 90 valence electrons. The van der Waals surface area contributed by atoms with E-state index in [0.717, 1.165) is 6.42 Å². The molecule has 0 radical (unpaired) electrons. The second-order valence-corrected chi connectivity index (χ2v) is 5.53. The highest BCUT2D eigenvalue weighted by Gasteiger charge is 2.41. The summed E-state index contributed by atoms with van der Waals surface area (Å²) in [5.41, 5.74) is -0.776. The van der Waals surface area contributed by atoms with Gasteiger partial charge in [0, 0.05) is 6.42 Å². The van der Waals surface area contributed by atoms with Crippen molar-refractivity contribution in [2.75, 3.05) is 0 Å². The van der Waals surface area contributed by atoms with Crippen LogP contribution in [0.3, 0.4) is 0 Å². The molecule has 0 aromatic carbocycles. The zero-order chi connectivity index (χ0) is 11.7. The lowest BCUT2D eigenvalue weighted by Crippen LogP contribution is -2.26. The number of halogens is 3. The normalized spacial score (nSPS) is 30.8. The van der Waals surface area contributed by atoms with Crippen LogP contribution < -0.4 is 0 Å². The van der Waals surface area contributed by atoms with Crippen LogP contribution in [0.25, 0.3) is 0 Å². The van der Waals surface area contributed by atoms with Crippen LogP contribution in [0.2, 0.25) is 0 Å². The van der Waals surface area contributed by atoms with Gasteiger partial charge in [-0.1, -0.05) is 13.8 Å².